The van der Waals surface area contributed by atoms with Crippen molar-refractivity contribution in [2.24, 2.45) is 0 Å². The smallest absolute Gasteiger partial charge is 0.0662 e. The molecule has 0 spiro atoms. The largest absolute Gasteiger partial charge is 0.394 e. The van der Waals surface area contributed by atoms with Gasteiger partial charge in [0.25, 0.3) is 0 Å². The van der Waals surface area contributed by atoms with E-state index in [-0.39, 0.29) is 13.2 Å². The number of hydrogen-bond acceptors (Lipinski definition) is 3. The van der Waals surface area contributed by atoms with Gasteiger partial charge in [-0.1, -0.05) is 39.0 Å². The summed E-state index contributed by atoms with van der Waals surface area (Å²) in [5.74, 6) is 0. The van der Waals surface area contributed by atoms with Gasteiger partial charge in [-0.15, -0.1) is 0 Å². The van der Waals surface area contributed by atoms with Crippen molar-refractivity contribution < 1.29 is 14.9 Å². The maximum atomic E-state index is 7.62. The first-order valence-corrected chi connectivity index (χ1v) is 6.12. The molecular formula is C12H28O3. The zero-order chi connectivity index (χ0) is 11.8. The minimum Gasteiger partial charge on any atom is -0.394 e. The molecule has 0 radical (unpaired) electrons. The van der Waals surface area contributed by atoms with Gasteiger partial charge in [-0.3, -0.25) is 0 Å². The molecular weight excluding hydrogens is 192 g/mol. The van der Waals surface area contributed by atoms with Crippen LogP contribution in [0, 0.1) is 0 Å². The lowest BCUT2D eigenvalue weighted by Crippen LogP contribution is -1.92. The van der Waals surface area contributed by atoms with E-state index in [4.69, 9.17) is 14.9 Å². The molecule has 2 N–H and O–H groups in total. The Hall–Kier alpha value is -0.120. The molecule has 0 aromatic heterocycles. The monoisotopic (exact) mass is 220 g/mol. The second-order valence-corrected chi connectivity index (χ2v) is 3.41. The lowest BCUT2D eigenvalue weighted by molar-refractivity contribution is 0.143. The average Bonchev–Trinajstić information content (AvgIpc) is 2.28. The quantitative estimate of drug-likeness (QED) is 0.586. The number of rotatable bonds is 9. The van der Waals surface area contributed by atoms with Gasteiger partial charge in [0.05, 0.1) is 13.2 Å². The molecule has 0 aliphatic rings. The summed E-state index contributed by atoms with van der Waals surface area (Å²) in [5, 5.41) is 15.2. The Labute approximate surface area is 94.5 Å². The average molecular weight is 220 g/mol. The maximum absolute atomic E-state index is 7.62. The van der Waals surface area contributed by atoms with Gasteiger partial charge in [0.2, 0.25) is 0 Å². The van der Waals surface area contributed by atoms with Crippen molar-refractivity contribution in [3.05, 3.63) is 0 Å². The van der Waals surface area contributed by atoms with Crippen molar-refractivity contribution in [2.45, 2.75) is 52.4 Å². The molecule has 0 amide bonds. The van der Waals surface area contributed by atoms with Crippen molar-refractivity contribution in [2.75, 3.05) is 26.4 Å². The Balaban J connectivity index is 0. The van der Waals surface area contributed by atoms with Gasteiger partial charge in [-0.2, -0.15) is 0 Å². The third-order valence-corrected chi connectivity index (χ3v) is 1.95. The summed E-state index contributed by atoms with van der Waals surface area (Å²) < 4.78 is 5.24. The number of unbranched alkanes of at least 4 members (excludes halogenated alkanes) is 5. The molecule has 0 unspecified atom stereocenters. The molecule has 0 rings (SSSR count). The molecule has 0 bridgehead atoms. The molecule has 94 valence electrons. The van der Waals surface area contributed by atoms with Gasteiger partial charge in [-0.25, -0.2) is 0 Å². The Morgan fingerprint density at radius 3 is 1.80 bits per heavy atom. The first-order chi connectivity index (χ1) is 7.33. The second kappa shape index (κ2) is 19.5. The van der Waals surface area contributed by atoms with Crippen LogP contribution < -0.4 is 0 Å². The summed E-state index contributed by atoms with van der Waals surface area (Å²) in [6.07, 6.45) is 8.13. The zero-order valence-electron chi connectivity index (χ0n) is 10.4. The van der Waals surface area contributed by atoms with E-state index in [0.717, 1.165) is 13.2 Å². The van der Waals surface area contributed by atoms with Gasteiger partial charge < -0.3 is 14.9 Å². The fraction of sp³-hybridized carbons (Fsp3) is 1.00. The van der Waals surface area contributed by atoms with E-state index in [9.17, 15) is 0 Å². The zero-order valence-corrected chi connectivity index (χ0v) is 10.4. The maximum Gasteiger partial charge on any atom is 0.0662 e. The molecule has 0 atom stereocenters. The van der Waals surface area contributed by atoms with Gasteiger partial charge in [0.1, 0.15) is 0 Å². The Bertz CT molecular complexity index is 76.9. The summed E-state index contributed by atoms with van der Waals surface area (Å²) >= 11 is 0. The van der Waals surface area contributed by atoms with E-state index in [1.807, 2.05) is 0 Å². The lowest BCUT2D eigenvalue weighted by atomic mass is 10.1. The summed E-state index contributed by atoms with van der Waals surface area (Å²) in [5.41, 5.74) is 0. The molecule has 0 saturated carbocycles. The fourth-order valence-corrected chi connectivity index (χ4v) is 1.13. The van der Waals surface area contributed by atoms with Crippen LogP contribution in [0.5, 0.6) is 0 Å². The molecule has 0 heterocycles. The van der Waals surface area contributed by atoms with Crippen molar-refractivity contribution in [3.8, 4) is 0 Å². The second-order valence-electron chi connectivity index (χ2n) is 3.41. The highest BCUT2D eigenvalue weighted by Crippen LogP contribution is 2.04. The molecule has 0 aliphatic carbocycles. The van der Waals surface area contributed by atoms with Crippen LogP contribution in [0.2, 0.25) is 0 Å². The third-order valence-electron chi connectivity index (χ3n) is 1.95. The van der Waals surface area contributed by atoms with Crippen molar-refractivity contribution in [1.82, 2.24) is 0 Å². The standard InChI is InChI=1S/C10H22O.C2H6O2/c1-3-5-6-7-8-9-10-11-4-2;3-1-2-4/h3-10H2,1-2H3;3-4H,1-2H2. The predicted molar refractivity (Wildman–Crippen MR) is 64.0 cm³/mol. The summed E-state index contributed by atoms with van der Waals surface area (Å²) in [4.78, 5) is 0. The predicted octanol–water partition coefficient (Wildman–Crippen LogP) is 2.35. The van der Waals surface area contributed by atoms with Gasteiger partial charge in [-0.05, 0) is 13.3 Å². The van der Waals surface area contributed by atoms with Crippen molar-refractivity contribution >= 4 is 0 Å². The number of aliphatic hydroxyl groups excluding tert-OH is 2. The Morgan fingerprint density at radius 2 is 1.33 bits per heavy atom. The topological polar surface area (TPSA) is 49.7 Å². The number of aliphatic hydroxyl groups is 2. The van der Waals surface area contributed by atoms with E-state index in [1.54, 1.807) is 0 Å². The number of ether oxygens (including phenoxy) is 1. The van der Waals surface area contributed by atoms with Gasteiger partial charge in [0, 0.05) is 13.2 Å². The van der Waals surface area contributed by atoms with E-state index >= 15 is 0 Å². The van der Waals surface area contributed by atoms with Crippen molar-refractivity contribution in [1.29, 1.82) is 0 Å². The van der Waals surface area contributed by atoms with E-state index in [2.05, 4.69) is 13.8 Å². The van der Waals surface area contributed by atoms with Crippen LogP contribution in [0.15, 0.2) is 0 Å². The van der Waals surface area contributed by atoms with E-state index in [1.165, 1.54) is 38.5 Å². The van der Waals surface area contributed by atoms with E-state index in [0.29, 0.717) is 0 Å². The van der Waals surface area contributed by atoms with Crippen LogP contribution in [0.3, 0.4) is 0 Å². The molecule has 0 aromatic carbocycles. The van der Waals surface area contributed by atoms with Crippen LogP contribution in [0.4, 0.5) is 0 Å². The van der Waals surface area contributed by atoms with Crippen LogP contribution >= 0.6 is 0 Å². The van der Waals surface area contributed by atoms with Crippen LogP contribution in [-0.4, -0.2) is 36.6 Å². The summed E-state index contributed by atoms with van der Waals surface area (Å²) in [6.45, 7) is 5.88. The first kappa shape index (κ1) is 17.3. The fourth-order valence-electron chi connectivity index (χ4n) is 1.13. The molecule has 0 aliphatic heterocycles. The number of hydrogen-bond donors (Lipinski definition) is 2. The minimum absolute atomic E-state index is 0.125. The highest BCUT2D eigenvalue weighted by molar-refractivity contribution is 4.42. The first-order valence-electron chi connectivity index (χ1n) is 6.12. The highest BCUT2D eigenvalue weighted by Gasteiger charge is 1.88. The van der Waals surface area contributed by atoms with Gasteiger partial charge in [0.15, 0.2) is 0 Å². The summed E-state index contributed by atoms with van der Waals surface area (Å²) in [6, 6.07) is 0. The third kappa shape index (κ3) is 24.8. The SMILES string of the molecule is CCCCCCCCOCC.OCCO. The molecule has 3 heteroatoms. The van der Waals surface area contributed by atoms with Crippen LogP contribution in [0.1, 0.15) is 52.4 Å². The molecule has 0 aromatic rings. The lowest BCUT2D eigenvalue weighted by Gasteiger charge is -2.00. The van der Waals surface area contributed by atoms with E-state index < -0.39 is 0 Å². The normalized spacial score (nSPS) is 9.60. The van der Waals surface area contributed by atoms with Gasteiger partial charge >= 0.3 is 0 Å². The van der Waals surface area contributed by atoms with Crippen LogP contribution in [0.25, 0.3) is 0 Å². The minimum atomic E-state index is -0.125. The Kier molecular flexibility index (Phi) is 22.4. The molecule has 0 fully saturated rings. The Morgan fingerprint density at radius 1 is 0.800 bits per heavy atom. The highest BCUT2D eigenvalue weighted by atomic mass is 16.5. The molecule has 0 saturated heterocycles. The summed E-state index contributed by atoms with van der Waals surface area (Å²) in [7, 11) is 0. The molecule has 15 heavy (non-hydrogen) atoms. The van der Waals surface area contributed by atoms with Crippen LogP contribution in [-0.2, 0) is 4.74 Å². The molecule has 3 nitrogen and oxygen atoms in total. The van der Waals surface area contributed by atoms with Crippen molar-refractivity contribution in [3.63, 3.8) is 0 Å².